The van der Waals surface area contributed by atoms with Crippen molar-refractivity contribution in [2.45, 2.75) is 25.3 Å². The van der Waals surface area contributed by atoms with E-state index in [0.29, 0.717) is 13.1 Å². The highest BCUT2D eigenvalue weighted by atomic mass is 32.1. The van der Waals surface area contributed by atoms with E-state index in [0.717, 1.165) is 40.1 Å². The topological polar surface area (TPSA) is 97.7 Å². The molecule has 1 atom stereocenters. The summed E-state index contributed by atoms with van der Waals surface area (Å²) in [7, 11) is 0. The number of carbonyl (C=O) groups excluding carboxylic acids is 1. The Bertz CT molecular complexity index is 958. The third-order valence-electron chi connectivity index (χ3n) is 4.60. The van der Waals surface area contributed by atoms with Crippen LogP contribution < -0.4 is 5.32 Å². The van der Waals surface area contributed by atoms with Gasteiger partial charge < -0.3 is 15.2 Å². The molecule has 0 bridgehead atoms. The molecule has 0 spiro atoms. The molecule has 4 rings (SSSR count). The number of hydrogen-bond acceptors (Lipinski definition) is 6. The predicted molar refractivity (Wildman–Crippen MR) is 101 cm³/mol. The fourth-order valence-electron chi connectivity index (χ4n) is 3.39. The fourth-order valence-corrected chi connectivity index (χ4v) is 4.04. The number of fused-ring (bicyclic) bond motifs is 1. The molecule has 1 aliphatic rings. The molecule has 0 radical (unpaired) electrons. The third kappa shape index (κ3) is 3.13. The number of H-pyrrole nitrogens is 1. The Labute approximate surface area is 154 Å². The second-order valence-electron chi connectivity index (χ2n) is 6.28. The van der Waals surface area contributed by atoms with Crippen LogP contribution >= 0.6 is 11.3 Å². The molecule has 1 fully saturated rings. The number of nitrogens with one attached hydrogen (secondary N) is 2. The molecule has 26 heavy (non-hydrogen) atoms. The summed E-state index contributed by atoms with van der Waals surface area (Å²) in [5, 5.41) is 16.3. The van der Waals surface area contributed by atoms with Gasteiger partial charge in [-0.1, -0.05) is 0 Å². The van der Waals surface area contributed by atoms with Crippen molar-refractivity contribution in [3.05, 3.63) is 30.0 Å². The third-order valence-corrected chi connectivity index (χ3v) is 5.41. The fraction of sp³-hybridized carbons (Fsp3) is 0.333. The number of carbonyl (C=O) groups is 1. The van der Waals surface area contributed by atoms with Crippen LogP contribution in [-0.4, -0.2) is 44.9 Å². The number of thiazole rings is 1. The first-order valence-corrected chi connectivity index (χ1v) is 9.41. The van der Waals surface area contributed by atoms with E-state index in [1.54, 1.807) is 22.4 Å². The molecule has 7 nitrogen and oxygen atoms in total. The summed E-state index contributed by atoms with van der Waals surface area (Å²) < 4.78 is 0. The van der Waals surface area contributed by atoms with E-state index >= 15 is 0 Å². The lowest BCUT2D eigenvalue weighted by atomic mass is 10.0. The van der Waals surface area contributed by atoms with Gasteiger partial charge in [0.25, 0.3) is 0 Å². The second-order valence-corrected chi connectivity index (χ2v) is 7.18. The first kappa shape index (κ1) is 16.5. The van der Waals surface area contributed by atoms with Crippen molar-refractivity contribution in [2.24, 2.45) is 0 Å². The van der Waals surface area contributed by atoms with Crippen LogP contribution in [0.25, 0.3) is 21.6 Å². The Balaban J connectivity index is 1.64. The Hall–Kier alpha value is -2.92. The normalized spacial score (nSPS) is 17.2. The van der Waals surface area contributed by atoms with Crippen molar-refractivity contribution >= 4 is 34.0 Å². The van der Waals surface area contributed by atoms with Crippen LogP contribution in [0.4, 0.5) is 5.69 Å². The van der Waals surface area contributed by atoms with E-state index in [-0.39, 0.29) is 18.4 Å². The standard InChI is InChI=1S/C18H18N6OS/c19-5-3-15(25)24-8-1-2-12(11-24)23-16-13-4-6-20-17(13)22-10-14(16)18-21-7-9-26-18/h4,6-7,9-10,12H,1-3,8,11H2,(H2,20,22,23). The molecule has 1 unspecified atom stereocenters. The van der Waals surface area contributed by atoms with Gasteiger partial charge in [0.05, 0.1) is 17.3 Å². The smallest absolute Gasteiger partial charge is 0.236 e. The largest absolute Gasteiger partial charge is 0.379 e. The van der Waals surface area contributed by atoms with Crippen LogP contribution in [0.5, 0.6) is 0 Å². The van der Waals surface area contributed by atoms with E-state index < -0.39 is 0 Å². The van der Waals surface area contributed by atoms with Crippen LogP contribution in [0, 0.1) is 11.3 Å². The number of likely N-dealkylation sites (tertiary alicyclic amines) is 1. The number of anilines is 1. The number of nitrogens with zero attached hydrogens (tertiary/aromatic N) is 4. The average Bonchev–Trinajstić information content (AvgIpc) is 3.34. The van der Waals surface area contributed by atoms with Crippen molar-refractivity contribution in [1.29, 1.82) is 5.26 Å². The van der Waals surface area contributed by atoms with Gasteiger partial charge in [0.15, 0.2) is 0 Å². The van der Waals surface area contributed by atoms with Gasteiger partial charge in [-0.3, -0.25) is 4.79 Å². The average molecular weight is 366 g/mol. The van der Waals surface area contributed by atoms with E-state index in [4.69, 9.17) is 5.26 Å². The quantitative estimate of drug-likeness (QED) is 0.740. The monoisotopic (exact) mass is 366 g/mol. The minimum atomic E-state index is -0.0966. The Morgan fingerprint density at radius 2 is 2.42 bits per heavy atom. The first-order chi connectivity index (χ1) is 12.8. The lowest BCUT2D eigenvalue weighted by molar-refractivity contribution is -0.131. The Morgan fingerprint density at radius 3 is 3.23 bits per heavy atom. The van der Waals surface area contributed by atoms with Gasteiger partial charge in [0.1, 0.15) is 17.1 Å². The summed E-state index contributed by atoms with van der Waals surface area (Å²) in [6.07, 6.45) is 7.33. The van der Waals surface area contributed by atoms with E-state index in [1.165, 1.54) is 0 Å². The summed E-state index contributed by atoms with van der Waals surface area (Å²) in [6, 6.07) is 4.08. The van der Waals surface area contributed by atoms with E-state index in [2.05, 4.69) is 20.3 Å². The minimum Gasteiger partial charge on any atom is -0.379 e. The van der Waals surface area contributed by atoms with Gasteiger partial charge in [-0.05, 0) is 18.9 Å². The number of aromatic amines is 1. The highest BCUT2D eigenvalue weighted by Gasteiger charge is 2.25. The zero-order chi connectivity index (χ0) is 17.9. The maximum absolute atomic E-state index is 12.1. The number of piperidine rings is 1. The molecule has 132 valence electrons. The Kier molecular flexibility index (Phi) is 4.54. The van der Waals surface area contributed by atoms with Crippen molar-refractivity contribution < 1.29 is 4.79 Å². The number of aromatic nitrogens is 3. The minimum absolute atomic E-state index is 0.0611. The second kappa shape index (κ2) is 7.14. The van der Waals surface area contributed by atoms with Crippen LogP contribution in [-0.2, 0) is 4.79 Å². The molecular weight excluding hydrogens is 348 g/mol. The molecule has 0 aromatic carbocycles. The maximum Gasteiger partial charge on any atom is 0.236 e. The van der Waals surface area contributed by atoms with Crippen molar-refractivity contribution in [3.8, 4) is 16.6 Å². The lowest BCUT2D eigenvalue weighted by Crippen LogP contribution is -2.45. The number of amides is 1. The molecule has 8 heteroatoms. The molecule has 3 aromatic heterocycles. The summed E-state index contributed by atoms with van der Waals surface area (Å²) in [6.45, 7) is 1.32. The molecule has 0 aliphatic carbocycles. The molecule has 1 aliphatic heterocycles. The molecule has 1 saturated heterocycles. The maximum atomic E-state index is 12.1. The summed E-state index contributed by atoms with van der Waals surface area (Å²) in [4.78, 5) is 25.9. The highest BCUT2D eigenvalue weighted by Crippen LogP contribution is 2.35. The van der Waals surface area contributed by atoms with Gasteiger partial charge in [0, 0.05) is 48.5 Å². The van der Waals surface area contributed by atoms with Crippen molar-refractivity contribution in [1.82, 2.24) is 19.9 Å². The molecule has 1 amide bonds. The molecule has 3 aromatic rings. The number of pyridine rings is 1. The van der Waals surface area contributed by atoms with Crippen LogP contribution in [0.15, 0.2) is 30.0 Å². The number of rotatable bonds is 4. The van der Waals surface area contributed by atoms with E-state index in [9.17, 15) is 4.79 Å². The summed E-state index contributed by atoms with van der Waals surface area (Å²) in [5.74, 6) is -0.0966. The van der Waals surface area contributed by atoms with Crippen molar-refractivity contribution in [2.75, 3.05) is 18.4 Å². The molecule has 0 saturated carbocycles. The summed E-state index contributed by atoms with van der Waals surface area (Å²) in [5.41, 5.74) is 2.78. The first-order valence-electron chi connectivity index (χ1n) is 8.53. The van der Waals surface area contributed by atoms with Gasteiger partial charge in [-0.2, -0.15) is 5.26 Å². The summed E-state index contributed by atoms with van der Waals surface area (Å²) >= 11 is 1.57. The SMILES string of the molecule is N#CCC(=O)N1CCCC(Nc2c(-c3nccs3)cnc3[nH]ccc23)C1. The predicted octanol–water partition coefficient (Wildman–Crippen LogP) is 3.00. The zero-order valence-electron chi connectivity index (χ0n) is 14.1. The molecular formula is C18H18N6OS. The van der Waals surface area contributed by atoms with Crippen LogP contribution in [0.2, 0.25) is 0 Å². The number of nitriles is 1. The van der Waals surface area contributed by atoms with Gasteiger partial charge >= 0.3 is 0 Å². The number of hydrogen-bond donors (Lipinski definition) is 2. The lowest BCUT2D eigenvalue weighted by Gasteiger charge is -2.33. The van der Waals surface area contributed by atoms with E-state index in [1.807, 2.05) is 29.9 Å². The Morgan fingerprint density at radius 1 is 1.50 bits per heavy atom. The highest BCUT2D eigenvalue weighted by molar-refractivity contribution is 7.13. The van der Waals surface area contributed by atoms with Gasteiger partial charge in [-0.25, -0.2) is 9.97 Å². The van der Waals surface area contributed by atoms with Gasteiger partial charge in [0.2, 0.25) is 5.91 Å². The molecule has 4 heterocycles. The van der Waals surface area contributed by atoms with Crippen molar-refractivity contribution in [3.63, 3.8) is 0 Å². The van der Waals surface area contributed by atoms with Gasteiger partial charge in [-0.15, -0.1) is 11.3 Å². The zero-order valence-corrected chi connectivity index (χ0v) is 14.9. The molecule has 2 N–H and O–H groups in total. The van der Waals surface area contributed by atoms with Crippen LogP contribution in [0.1, 0.15) is 19.3 Å². The van der Waals surface area contributed by atoms with Crippen LogP contribution in [0.3, 0.4) is 0 Å².